The van der Waals surface area contributed by atoms with Gasteiger partial charge < -0.3 is 25.4 Å². The van der Waals surface area contributed by atoms with Crippen LogP contribution >= 0.6 is 12.4 Å². The Hall–Kier alpha value is -2.62. The Balaban J connectivity index is 0.00000261. The minimum atomic E-state index is -0.523. The monoisotopic (exact) mass is 395 g/mol. The fourth-order valence-electron chi connectivity index (χ4n) is 2.49. The molecule has 1 fully saturated rings. The highest BCUT2D eigenvalue weighted by molar-refractivity contribution is 5.94. The number of halogens is 1. The molecule has 3 N–H and O–H groups in total. The predicted octanol–water partition coefficient (Wildman–Crippen LogP) is 0.879. The Morgan fingerprint density at radius 2 is 2.07 bits per heavy atom. The van der Waals surface area contributed by atoms with E-state index in [1.165, 1.54) is 10.9 Å². The van der Waals surface area contributed by atoms with Gasteiger partial charge in [-0.05, 0) is 24.3 Å². The zero-order chi connectivity index (χ0) is 18.4. The lowest BCUT2D eigenvalue weighted by Crippen LogP contribution is -2.45. The van der Waals surface area contributed by atoms with E-state index in [1.807, 2.05) is 0 Å². The van der Waals surface area contributed by atoms with Crippen molar-refractivity contribution in [1.29, 1.82) is 0 Å². The van der Waals surface area contributed by atoms with Gasteiger partial charge in [-0.3, -0.25) is 14.3 Å². The molecule has 1 atom stereocenters. The summed E-state index contributed by atoms with van der Waals surface area (Å²) in [6, 6.07) is 7.03. The van der Waals surface area contributed by atoms with E-state index in [4.69, 9.17) is 9.47 Å². The number of carbonyl (C=O) groups excluding carboxylic acids is 2. The first kappa shape index (κ1) is 20.7. The molecule has 1 saturated heterocycles. The summed E-state index contributed by atoms with van der Waals surface area (Å²) in [5.74, 6) is 0.253. The maximum atomic E-state index is 12.1. The summed E-state index contributed by atoms with van der Waals surface area (Å²) in [6.45, 7) is 1.75. The van der Waals surface area contributed by atoms with Crippen LogP contribution in [0.1, 0.15) is 0 Å². The topological polar surface area (TPSA) is 107 Å². The molecule has 3 rings (SSSR count). The molecule has 2 heterocycles. The smallest absolute Gasteiger partial charge is 0.254 e. The molecule has 1 aromatic carbocycles. The Labute approximate surface area is 162 Å². The van der Waals surface area contributed by atoms with Crippen molar-refractivity contribution in [2.24, 2.45) is 0 Å². The zero-order valence-electron chi connectivity index (χ0n) is 14.8. The number of anilines is 2. The molecule has 1 aromatic heterocycles. The van der Waals surface area contributed by atoms with E-state index < -0.39 is 6.10 Å². The fraction of sp³-hybridized carbons (Fsp3) is 0.353. The molecule has 0 bridgehead atoms. The minimum Gasteiger partial charge on any atom is -0.497 e. The van der Waals surface area contributed by atoms with Crippen molar-refractivity contribution in [1.82, 2.24) is 15.1 Å². The molecule has 9 nitrogen and oxygen atoms in total. The van der Waals surface area contributed by atoms with Gasteiger partial charge in [0, 0.05) is 25.0 Å². The number of methoxy groups -OCH3 is 1. The van der Waals surface area contributed by atoms with Crippen LogP contribution in [0.5, 0.6) is 5.75 Å². The van der Waals surface area contributed by atoms with Crippen LogP contribution in [0.15, 0.2) is 36.7 Å². The molecule has 0 aliphatic carbocycles. The van der Waals surface area contributed by atoms with Crippen LogP contribution in [-0.4, -0.2) is 54.5 Å². The number of hydrogen-bond acceptors (Lipinski definition) is 6. The van der Waals surface area contributed by atoms with Crippen molar-refractivity contribution in [2.45, 2.75) is 12.6 Å². The van der Waals surface area contributed by atoms with Crippen LogP contribution < -0.4 is 20.7 Å². The van der Waals surface area contributed by atoms with Crippen molar-refractivity contribution in [2.75, 3.05) is 37.4 Å². The highest BCUT2D eigenvalue weighted by Crippen LogP contribution is 2.15. The summed E-state index contributed by atoms with van der Waals surface area (Å²) in [7, 11) is 1.58. The summed E-state index contributed by atoms with van der Waals surface area (Å²) in [6.07, 6.45) is 2.57. The summed E-state index contributed by atoms with van der Waals surface area (Å²) < 4.78 is 11.9. The summed E-state index contributed by atoms with van der Waals surface area (Å²) >= 11 is 0. The van der Waals surface area contributed by atoms with Gasteiger partial charge >= 0.3 is 0 Å². The lowest BCUT2D eigenvalue weighted by Gasteiger charge is -2.22. The minimum absolute atomic E-state index is 0. The maximum Gasteiger partial charge on any atom is 0.254 e. The largest absolute Gasteiger partial charge is 0.497 e. The van der Waals surface area contributed by atoms with Crippen molar-refractivity contribution in [3.63, 3.8) is 0 Å². The fourth-order valence-corrected chi connectivity index (χ4v) is 2.49. The third kappa shape index (κ3) is 5.95. The van der Waals surface area contributed by atoms with Crippen LogP contribution in [0.25, 0.3) is 0 Å². The first-order valence-corrected chi connectivity index (χ1v) is 8.23. The standard InChI is InChI=1S/C17H21N5O4.ClH/c1-25-14-4-2-12(3-5-14)20-16(23)11-22-10-13(8-19-22)21-17(24)15-9-18-6-7-26-15;/h2-5,8,10,15,18H,6-7,9,11H2,1H3,(H,20,23)(H,21,24);1H. The van der Waals surface area contributed by atoms with Gasteiger partial charge in [-0.2, -0.15) is 5.10 Å². The molecule has 27 heavy (non-hydrogen) atoms. The quantitative estimate of drug-likeness (QED) is 0.670. The molecule has 1 unspecified atom stereocenters. The Morgan fingerprint density at radius 3 is 2.74 bits per heavy atom. The number of nitrogens with zero attached hydrogens (tertiary/aromatic N) is 2. The van der Waals surface area contributed by atoms with Crippen LogP contribution in [0.2, 0.25) is 0 Å². The van der Waals surface area contributed by atoms with Crippen molar-refractivity contribution >= 4 is 35.6 Å². The zero-order valence-corrected chi connectivity index (χ0v) is 15.6. The van der Waals surface area contributed by atoms with Crippen molar-refractivity contribution < 1.29 is 19.1 Å². The van der Waals surface area contributed by atoms with Gasteiger partial charge in [-0.25, -0.2) is 0 Å². The number of aromatic nitrogens is 2. The molecule has 1 aliphatic heterocycles. The van der Waals surface area contributed by atoms with Crippen molar-refractivity contribution in [3.8, 4) is 5.75 Å². The number of morpholine rings is 1. The van der Waals surface area contributed by atoms with Gasteiger partial charge in [0.2, 0.25) is 5.91 Å². The molecule has 2 aromatic rings. The van der Waals surface area contributed by atoms with Gasteiger partial charge in [-0.1, -0.05) is 0 Å². The molecule has 10 heteroatoms. The molecule has 0 radical (unpaired) electrons. The van der Waals surface area contributed by atoms with Crippen LogP contribution in [0, 0.1) is 0 Å². The number of ether oxygens (including phenoxy) is 2. The first-order valence-electron chi connectivity index (χ1n) is 8.23. The molecule has 1 aliphatic rings. The average Bonchev–Trinajstić information content (AvgIpc) is 3.09. The van der Waals surface area contributed by atoms with Crippen LogP contribution in [-0.2, 0) is 20.9 Å². The SMILES string of the molecule is COc1ccc(NC(=O)Cn2cc(NC(=O)C3CNCCO3)cn2)cc1.Cl. The number of benzene rings is 1. The third-order valence-electron chi connectivity index (χ3n) is 3.80. The predicted molar refractivity (Wildman–Crippen MR) is 102 cm³/mol. The van der Waals surface area contributed by atoms with E-state index in [1.54, 1.807) is 37.6 Å². The highest BCUT2D eigenvalue weighted by atomic mass is 35.5. The highest BCUT2D eigenvalue weighted by Gasteiger charge is 2.22. The Morgan fingerprint density at radius 1 is 1.30 bits per heavy atom. The molecule has 0 saturated carbocycles. The lowest BCUT2D eigenvalue weighted by atomic mass is 10.3. The average molecular weight is 396 g/mol. The normalized spacial score (nSPS) is 16.1. The third-order valence-corrected chi connectivity index (χ3v) is 3.80. The number of nitrogens with one attached hydrogen (secondary N) is 3. The van der Waals surface area contributed by atoms with E-state index in [-0.39, 0.29) is 30.8 Å². The number of amides is 2. The second-order valence-corrected chi connectivity index (χ2v) is 5.76. The second-order valence-electron chi connectivity index (χ2n) is 5.76. The van der Waals surface area contributed by atoms with Gasteiger partial charge in [-0.15, -0.1) is 12.4 Å². The molecular weight excluding hydrogens is 374 g/mol. The molecule has 2 amide bonds. The Bertz CT molecular complexity index is 759. The number of carbonyl (C=O) groups is 2. The van der Waals surface area contributed by atoms with Gasteiger partial charge in [0.1, 0.15) is 18.4 Å². The number of hydrogen-bond donors (Lipinski definition) is 3. The van der Waals surface area contributed by atoms with E-state index in [9.17, 15) is 9.59 Å². The van der Waals surface area contributed by atoms with E-state index in [0.29, 0.717) is 30.3 Å². The van der Waals surface area contributed by atoms with Gasteiger partial charge in [0.05, 0.1) is 25.6 Å². The lowest BCUT2D eigenvalue weighted by molar-refractivity contribution is -0.128. The summed E-state index contributed by atoms with van der Waals surface area (Å²) in [5.41, 5.74) is 1.18. The van der Waals surface area contributed by atoms with E-state index in [0.717, 1.165) is 6.54 Å². The van der Waals surface area contributed by atoms with E-state index in [2.05, 4.69) is 21.0 Å². The van der Waals surface area contributed by atoms with Gasteiger partial charge in [0.15, 0.2) is 0 Å². The number of rotatable bonds is 6. The second kappa shape index (κ2) is 9.91. The molecular formula is C17H22ClN5O4. The van der Waals surface area contributed by atoms with Gasteiger partial charge in [0.25, 0.3) is 5.91 Å². The van der Waals surface area contributed by atoms with Crippen LogP contribution in [0.4, 0.5) is 11.4 Å². The van der Waals surface area contributed by atoms with Crippen molar-refractivity contribution in [3.05, 3.63) is 36.7 Å². The summed E-state index contributed by atoms with van der Waals surface area (Å²) in [4.78, 5) is 24.2. The molecule has 0 spiro atoms. The van der Waals surface area contributed by atoms with E-state index >= 15 is 0 Å². The molecule has 146 valence electrons. The maximum absolute atomic E-state index is 12.1. The first-order chi connectivity index (χ1) is 12.6. The van der Waals surface area contributed by atoms with Crippen LogP contribution in [0.3, 0.4) is 0 Å². The Kier molecular flexibility index (Phi) is 7.59. The summed E-state index contributed by atoms with van der Waals surface area (Å²) in [5, 5.41) is 12.7.